The standard InChI is InChI=1S/C33H42F2N4O4/c1-5-11-38(12-6-2)33(42)27-17-26(21-39(22-27)43-4)32(41)37-30(16-25-14-28(34)18-29(35)15-25)31(40)20-36-19-24-10-8-9-23(7-3)13-24/h8-10,13-15,17-18,21-22,30-31,36,40H,5-7,11-12,16,19-20H2,1-4H3/p+1/t30-,31+/m0/s1. The number of aliphatic hydroxyl groups is 1. The van der Waals surface area contributed by atoms with Gasteiger partial charge in [0.05, 0.1) is 12.1 Å². The van der Waals surface area contributed by atoms with Crippen molar-refractivity contribution in [2.24, 2.45) is 0 Å². The monoisotopic (exact) mass is 597 g/mol. The molecule has 0 saturated heterocycles. The van der Waals surface area contributed by atoms with E-state index in [0.29, 0.717) is 19.6 Å². The molecule has 232 valence electrons. The third-order valence-electron chi connectivity index (χ3n) is 7.08. The first-order chi connectivity index (χ1) is 20.7. The van der Waals surface area contributed by atoms with Crippen molar-refractivity contribution in [2.45, 2.75) is 65.1 Å². The highest BCUT2D eigenvalue weighted by atomic mass is 19.1. The van der Waals surface area contributed by atoms with Crippen molar-refractivity contribution in [2.75, 3.05) is 26.7 Å². The van der Waals surface area contributed by atoms with Gasteiger partial charge in [-0.25, -0.2) is 8.78 Å². The van der Waals surface area contributed by atoms with E-state index in [1.807, 2.05) is 32.0 Å². The number of amides is 2. The summed E-state index contributed by atoms with van der Waals surface area (Å²) >= 11 is 0. The van der Waals surface area contributed by atoms with Gasteiger partial charge in [0.25, 0.3) is 11.8 Å². The molecule has 8 nitrogen and oxygen atoms in total. The smallest absolute Gasteiger partial charge is 0.260 e. The van der Waals surface area contributed by atoms with Gasteiger partial charge in [0.15, 0.2) is 0 Å². The number of aromatic nitrogens is 1. The Kier molecular flexibility index (Phi) is 13.0. The minimum Gasteiger partial charge on any atom is -0.390 e. The highest BCUT2D eigenvalue weighted by molar-refractivity contribution is 5.99. The molecule has 43 heavy (non-hydrogen) atoms. The zero-order chi connectivity index (χ0) is 31.4. The van der Waals surface area contributed by atoms with Crippen LogP contribution in [0.15, 0.2) is 60.9 Å². The summed E-state index contributed by atoms with van der Waals surface area (Å²) in [5.74, 6) is -2.30. The van der Waals surface area contributed by atoms with Gasteiger partial charge in [-0.15, -0.1) is 0 Å². The number of hydrogen-bond donors (Lipinski definition) is 3. The van der Waals surface area contributed by atoms with E-state index in [-0.39, 0.29) is 35.6 Å². The summed E-state index contributed by atoms with van der Waals surface area (Å²) < 4.78 is 29.2. The Labute approximate surface area is 252 Å². The topological polar surface area (TPSA) is 94.8 Å². The summed E-state index contributed by atoms with van der Waals surface area (Å²) in [6, 6.07) is 11.8. The van der Waals surface area contributed by atoms with Gasteiger partial charge in [-0.1, -0.05) is 45.0 Å². The van der Waals surface area contributed by atoms with E-state index in [1.165, 1.54) is 48.0 Å². The number of aliphatic hydroxyl groups excluding tert-OH is 1. The minimum absolute atomic E-state index is 0.0295. The number of nitrogens with zero attached hydrogens (tertiary/aromatic N) is 2. The lowest BCUT2D eigenvalue weighted by Gasteiger charge is -2.25. The molecule has 0 unspecified atom stereocenters. The molecule has 1 heterocycles. The van der Waals surface area contributed by atoms with E-state index in [1.54, 1.807) is 4.90 Å². The molecule has 2 aromatic carbocycles. The van der Waals surface area contributed by atoms with Gasteiger partial charge >= 0.3 is 0 Å². The quantitative estimate of drug-likeness (QED) is 0.219. The number of pyridine rings is 1. The van der Waals surface area contributed by atoms with Gasteiger partial charge in [-0.3, -0.25) is 14.4 Å². The van der Waals surface area contributed by atoms with E-state index in [2.05, 4.69) is 23.6 Å². The summed E-state index contributed by atoms with van der Waals surface area (Å²) in [7, 11) is 1.42. The lowest BCUT2D eigenvalue weighted by molar-refractivity contribution is -0.885. The number of nitrogens with one attached hydrogen (secondary N) is 2. The predicted octanol–water partition coefficient (Wildman–Crippen LogP) is 3.63. The molecule has 0 aliphatic rings. The normalized spacial score (nSPS) is 12.4. The van der Waals surface area contributed by atoms with E-state index in [0.717, 1.165) is 30.9 Å². The molecule has 2 amide bonds. The van der Waals surface area contributed by atoms with Crippen LogP contribution in [0.25, 0.3) is 0 Å². The molecule has 0 aliphatic carbocycles. The van der Waals surface area contributed by atoms with Crippen LogP contribution >= 0.6 is 0 Å². The Morgan fingerprint density at radius 1 is 0.930 bits per heavy atom. The van der Waals surface area contributed by atoms with Crippen LogP contribution in [0.5, 0.6) is 0 Å². The highest BCUT2D eigenvalue weighted by Crippen LogP contribution is 2.14. The fourth-order valence-corrected chi connectivity index (χ4v) is 4.92. The van der Waals surface area contributed by atoms with Gasteiger partial charge < -0.3 is 20.6 Å². The average molecular weight is 598 g/mol. The maximum absolute atomic E-state index is 14.0. The van der Waals surface area contributed by atoms with Gasteiger partial charge in [-0.2, -0.15) is 0 Å². The minimum atomic E-state index is -1.10. The summed E-state index contributed by atoms with van der Waals surface area (Å²) in [6.45, 7) is 7.80. The number of benzene rings is 2. The third kappa shape index (κ3) is 10.1. The molecule has 2 atom stereocenters. The molecular formula is C33H43F2N4O4+. The fraction of sp³-hybridized carbons (Fsp3) is 0.424. The van der Waals surface area contributed by atoms with E-state index in [9.17, 15) is 23.5 Å². The maximum atomic E-state index is 14.0. The van der Waals surface area contributed by atoms with Crippen molar-refractivity contribution in [1.82, 2.24) is 15.5 Å². The van der Waals surface area contributed by atoms with Crippen LogP contribution in [-0.4, -0.2) is 60.7 Å². The number of aryl methyl sites for hydroxylation is 1. The Morgan fingerprint density at radius 2 is 1.58 bits per heavy atom. The van der Waals surface area contributed by atoms with Gasteiger partial charge in [-0.05, 0) is 60.6 Å². The summed E-state index contributed by atoms with van der Waals surface area (Å²) in [4.78, 5) is 33.8. The van der Waals surface area contributed by atoms with Crippen molar-refractivity contribution in [3.63, 3.8) is 0 Å². The lowest BCUT2D eigenvalue weighted by atomic mass is 10.00. The van der Waals surface area contributed by atoms with Crippen LogP contribution in [0.1, 0.15) is 71.0 Å². The number of carbonyl (C=O) groups is 2. The van der Waals surface area contributed by atoms with E-state index >= 15 is 0 Å². The molecule has 3 rings (SSSR count). The van der Waals surface area contributed by atoms with E-state index in [4.69, 9.17) is 4.84 Å². The fourth-order valence-electron chi connectivity index (χ4n) is 4.92. The molecule has 3 aromatic rings. The molecule has 0 saturated carbocycles. The molecular weight excluding hydrogens is 554 g/mol. The van der Waals surface area contributed by atoms with Crippen molar-refractivity contribution < 1.29 is 33.0 Å². The van der Waals surface area contributed by atoms with Gasteiger partial charge in [0, 0.05) is 37.0 Å². The number of halogens is 2. The molecule has 3 N–H and O–H groups in total. The van der Waals surface area contributed by atoms with Crippen LogP contribution in [0.2, 0.25) is 0 Å². The molecule has 0 radical (unpaired) electrons. The predicted molar refractivity (Wildman–Crippen MR) is 160 cm³/mol. The van der Waals surface area contributed by atoms with Gasteiger partial charge in [0.1, 0.15) is 29.9 Å². The first-order valence-electron chi connectivity index (χ1n) is 14.8. The Hall–Kier alpha value is -3.89. The lowest BCUT2D eigenvalue weighted by Crippen LogP contribution is -2.49. The largest absolute Gasteiger partial charge is 0.390 e. The van der Waals surface area contributed by atoms with Crippen molar-refractivity contribution in [3.05, 3.63) is 100 Å². The van der Waals surface area contributed by atoms with Crippen LogP contribution < -0.4 is 20.2 Å². The van der Waals surface area contributed by atoms with Crippen molar-refractivity contribution >= 4 is 11.8 Å². The molecule has 0 bridgehead atoms. The highest BCUT2D eigenvalue weighted by Gasteiger charge is 2.27. The first kappa shape index (κ1) is 33.6. The third-order valence-corrected chi connectivity index (χ3v) is 7.08. The number of rotatable bonds is 16. The van der Waals surface area contributed by atoms with Crippen LogP contribution in [-0.2, 0) is 19.4 Å². The molecule has 0 spiro atoms. The summed E-state index contributed by atoms with van der Waals surface area (Å²) in [5, 5.41) is 17.2. The second-order valence-electron chi connectivity index (χ2n) is 10.6. The van der Waals surface area contributed by atoms with Gasteiger partial charge in [0.2, 0.25) is 12.4 Å². The maximum Gasteiger partial charge on any atom is 0.260 e. The second-order valence-corrected chi connectivity index (χ2v) is 10.6. The first-order valence-corrected chi connectivity index (χ1v) is 14.8. The van der Waals surface area contributed by atoms with Crippen LogP contribution in [0.4, 0.5) is 8.78 Å². The van der Waals surface area contributed by atoms with E-state index < -0.39 is 29.7 Å². The Balaban J connectivity index is 1.83. The average Bonchev–Trinajstić information content (AvgIpc) is 2.99. The molecule has 1 aromatic heterocycles. The number of hydrogen-bond acceptors (Lipinski definition) is 5. The Bertz CT molecular complexity index is 1340. The van der Waals surface area contributed by atoms with Crippen molar-refractivity contribution in [3.8, 4) is 0 Å². The molecule has 0 fully saturated rings. The Morgan fingerprint density at radius 3 is 2.21 bits per heavy atom. The zero-order valence-electron chi connectivity index (χ0n) is 25.4. The SMILES string of the molecule is CCCN(CCC)C(=O)c1cc(C(=O)N[C@@H](Cc2cc(F)cc(F)c2)[C@H](O)CNCc2cccc(CC)c2)c[n+](OC)c1. The molecule has 0 aliphatic heterocycles. The van der Waals surface area contributed by atoms with Crippen molar-refractivity contribution in [1.29, 1.82) is 0 Å². The summed E-state index contributed by atoms with van der Waals surface area (Å²) in [6.07, 6.45) is 4.28. The second kappa shape index (κ2) is 16.7. The number of carbonyl (C=O) groups excluding carboxylic acids is 2. The van der Waals surface area contributed by atoms with Crippen LogP contribution in [0, 0.1) is 11.6 Å². The summed E-state index contributed by atoms with van der Waals surface area (Å²) in [5.41, 5.74) is 2.93. The molecule has 10 heteroatoms. The zero-order valence-corrected chi connectivity index (χ0v) is 25.4. The van der Waals surface area contributed by atoms with Crippen LogP contribution in [0.3, 0.4) is 0 Å².